The summed E-state index contributed by atoms with van der Waals surface area (Å²) in [6, 6.07) is 20.1. The Labute approximate surface area is 260 Å². The Balaban J connectivity index is 0.918. The molecule has 3 aromatic carbocycles. The van der Waals surface area contributed by atoms with Gasteiger partial charge in [-0.25, -0.2) is 4.90 Å². The van der Waals surface area contributed by atoms with E-state index in [-0.39, 0.29) is 30.8 Å². The van der Waals surface area contributed by atoms with E-state index in [0.29, 0.717) is 29.7 Å². The van der Waals surface area contributed by atoms with Crippen LogP contribution in [0.2, 0.25) is 5.02 Å². The molecule has 11 heteroatoms. The zero-order valence-electron chi connectivity index (χ0n) is 24.2. The van der Waals surface area contributed by atoms with Crippen LogP contribution >= 0.6 is 11.6 Å². The Bertz CT molecular complexity index is 1690. The van der Waals surface area contributed by atoms with Crippen molar-refractivity contribution in [1.82, 2.24) is 20.2 Å². The van der Waals surface area contributed by atoms with Crippen LogP contribution in [-0.2, 0) is 9.47 Å². The second kappa shape index (κ2) is 11.1. The number of aliphatic hydroxyl groups excluding tert-OH is 1. The van der Waals surface area contributed by atoms with Gasteiger partial charge in [-0.1, -0.05) is 48.0 Å². The molecule has 4 unspecified atom stereocenters. The Morgan fingerprint density at radius 3 is 2.45 bits per heavy atom. The molecule has 1 amide bonds. The first-order valence-corrected chi connectivity index (χ1v) is 15.6. The molecular formula is C33H35ClN5O5+. The first kappa shape index (κ1) is 28.0. The molecule has 0 spiro atoms. The van der Waals surface area contributed by atoms with Gasteiger partial charge in [-0.05, 0) is 41.0 Å². The molecule has 4 aliphatic heterocycles. The number of nitrogens with one attached hydrogen (secondary N) is 2. The number of H-pyrrole nitrogens is 1. The van der Waals surface area contributed by atoms with E-state index in [1.54, 1.807) is 0 Å². The molecule has 0 radical (unpaired) electrons. The summed E-state index contributed by atoms with van der Waals surface area (Å²) in [5, 5.41) is 13.7. The van der Waals surface area contributed by atoms with Crippen LogP contribution in [-0.4, -0.2) is 114 Å². The normalized spacial score (nSPS) is 28.9. The largest absolute Gasteiger partial charge is 0.456 e. The lowest BCUT2D eigenvalue weighted by molar-refractivity contribution is -0.907. The zero-order valence-corrected chi connectivity index (χ0v) is 25.0. The average molecular weight is 617 g/mol. The van der Waals surface area contributed by atoms with Gasteiger partial charge in [0.05, 0.1) is 68.5 Å². The highest BCUT2D eigenvalue weighted by Gasteiger charge is 2.48. The molecule has 0 saturated carbocycles. The highest BCUT2D eigenvalue weighted by molar-refractivity contribution is 6.34. The third-order valence-corrected chi connectivity index (χ3v) is 9.94. The summed E-state index contributed by atoms with van der Waals surface area (Å²) in [6.45, 7) is 8.16. The summed E-state index contributed by atoms with van der Waals surface area (Å²) in [5.74, 6) is -0.0243. The van der Waals surface area contributed by atoms with Crippen LogP contribution in [0.5, 0.6) is 6.01 Å². The van der Waals surface area contributed by atoms with Crippen LogP contribution in [0.1, 0.15) is 10.4 Å². The number of quaternary nitrogens is 1. The standard InChI is InChI=1S/C33H34ClN5O5/c34-25-16-27-26(36-33(37-27)44-29-18-43-30-28(40)17-42-31(29)30)15-24(25)22-5-1-20(2-6-22)21-3-7-23(8-4-21)32(41)35-9-12-39-13-10-38(19-39)11-14-39/h1-8,15-16,28-31,40H,9-14,17-19H2,(H-,35,36,37,41)/p+1. The molecule has 44 heavy (non-hydrogen) atoms. The van der Waals surface area contributed by atoms with Gasteiger partial charge in [0, 0.05) is 11.1 Å². The number of ether oxygens (including phenoxy) is 3. The number of nitrogens with zero attached hydrogens (tertiary/aromatic N) is 3. The number of hydrogen-bond donors (Lipinski definition) is 3. The second-order valence-corrected chi connectivity index (χ2v) is 12.8. The number of amides is 1. The van der Waals surface area contributed by atoms with E-state index in [9.17, 15) is 9.90 Å². The maximum atomic E-state index is 12.8. The van der Waals surface area contributed by atoms with Crippen LogP contribution in [0.3, 0.4) is 0 Å². The predicted octanol–water partition coefficient (Wildman–Crippen LogP) is 3.29. The molecule has 1 aromatic heterocycles. The third-order valence-electron chi connectivity index (χ3n) is 9.62. The van der Waals surface area contributed by atoms with Gasteiger partial charge in [0.2, 0.25) is 0 Å². The number of piperazine rings is 1. The minimum atomic E-state index is -0.633. The second-order valence-electron chi connectivity index (χ2n) is 12.4. The molecule has 0 aliphatic carbocycles. The molecule has 2 bridgehead atoms. The lowest BCUT2D eigenvalue weighted by Gasteiger charge is -2.30. The number of aromatic nitrogens is 2. The third kappa shape index (κ3) is 5.15. The summed E-state index contributed by atoms with van der Waals surface area (Å²) in [7, 11) is 0. The van der Waals surface area contributed by atoms with Crippen molar-refractivity contribution in [1.29, 1.82) is 0 Å². The van der Waals surface area contributed by atoms with E-state index in [1.807, 2.05) is 48.5 Å². The van der Waals surface area contributed by atoms with E-state index < -0.39 is 6.10 Å². The lowest BCUT2D eigenvalue weighted by Crippen LogP contribution is -2.49. The average Bonchev–Trinajstić information content (AvgIpc) is 3.87. The molecular weight excluding hydrogens is 582 g/mol. The number of fused-ring (bicyclic) bond motifs is 4. The number of aromatic amines is 1. The highest BCUT2D eigenvalue weighted by atomic mass is 35.5. The topological polar surface area (TPSA) is 109 Å². The summed E-state index contributed by atoms with van der Waals surface area (Å²) < 4.78 is 18.5. The Morgan fingerprint density at radius 1 is 1.02 bits per heavy atom. The molecule has 3 N–H and O–H groups in total. The van der Waals surface area contributed by atoms with Gasteiger partial charge in [-0.2, -0.15) is 4.98 Å². The maximum absolute atomic E-state index is 12.8. The first-order chi connectivity index (χ1) is 21.4. The van der Waals surface area contributed by atoms with Crippen molar-refractivity contribution in [3.05, 3.63) is 71.2 Å². The van der Waals surface area contributed by atoms with Crippen molar-refractivity contribution in [3.8, 4) is 28.3 Å². The minimum Gasteiger partial charge on any atom is -0.456 e. The van der Waals surface area contributed by atoms with Crippen molar-refractivity contribution in [2.45, 2.75) is 24.4 Å². The molecule has 4 fully saturated rings. The number of benzene rings is 3. The Morgan fingerprint density at radius 2 is 1.73 bits per heavy atom. The van der Waals surface area contributed by atoms with Gasteiger partial charge in [0.15, 0.2) is 6.10 Å². The smallest absolute Gasteiger partial charge is 0.295 e. The first-order valence-electron chi connectivity index (χ1n) is 15.3. The van der Waals surface area contributed by atoms with Gasteiger partial charge < -0.3 is 34.1 Å². The van der Waals surface area contributed by atoms with Crippen LogP contribution in [0.4, 0.5) is 0 Å². The molecule has 4 aromatic rings. The lowest BCUT2D eigenvalue weighted by atomic mass is 9.99. The van der Waals surface area contributed by atoms with Crippen molar-refractivity contribution in [3.63, 3.8) is 0 Å². The number of imidazole rings is 1. The maximum Gasteiger partial charge on any atom is 0.295 e. The molecule has 228 valence electrons. The van der Waals surface area contributed by atoms with Crippen molar-refractivity contribution >= 4 is 28.5 Å². The Kier molecular flexibility index (Phi) is 7.08. The molecule has 8 rings (SSSR count). The van der Waals surface area contributed by atoms with Crippen LogP contribution in [0, 0.1) is 0 Å². The minimum absolute atomic E-state index is 0.0243. The number of rotatable bonds is 8. The van der Waals surface area contributed by atoms with Crippen LogP contribution in [0.15, 0.2) is 60.7 Å². The highest BCUT2D eigenvalue weighted by Crippen LogP contribution is 2.35. The quantitative estimate of drug-likeness (QED) is 0.261. The monoisotopic (exact) mass is 616 g/mol. The summed E-state index contributed by atoms with van der Waals surface area (Å²) in [6.07, 6.45) is -1.66. The van der Waals surface area contributed by atoms with Crippen LogP contribution in [0.25, 0.3) is 33.3 Å². The number of hydrogen-bond acceptors (Lipinski definition) is 7. The number of carbonyl (C=O) groups is 1. The van der Waals surface area contributed by atoms with Gasteiger partial charge in [-0.15, -0.1) is 0 Å². The fourth-order valence-corrected chi connectivity index (χ4v) is 7.34. The summed E-state index contributed by atoms with van der Waals surface area (Å²) in [5.41, 5.74) is 6.08. The molecule has 5 heterocycles. The fraction of sp³-hybridized carbons (Fsp3) is 0.394. The van der Waals surface area contributed by atoms with E-state index in [2.05, 4.69) is 32.3 Å². The van der Waals surface area contributed by atoms with Crippen molar-refractivity contribution in [2.24, 2.45) is 0 Å². The van der Waals surface area contributed by atoms with E-state index in [4.69, 9.17) is 25.8 Å². The predicted molar refractivity (Wildman–Crippen MR) is 166 cm³/mol. The Hall–Kier alpha value is -3.51. The van der Waals surface area contributed by atoms with E-state index >= 15 is 0 Å². The SMILES string of the molecule is O=C(NCC[N+]12CCN(CC1)C2)c1ccc(-c2ccc(-c3cc4nc(OC5COC6C(O)COC56)[nH]c4cc3Cl)cc2)cc1. The molecule has 4 saturated heterocycles. The van der Waals surface area contributed by atoms with Crippen molar-refractivity contribution < 1.29 is 28.6 Å². The van der Waals surface area contributed by atoms with E-state index in [1.165, 1.54) is 26.2 Å². The molecule has 10 nitrogen and oxygen atoms in total. The van der Waals surface area contributed by atoms with Crippen molar-refractivity contribution in [2.75, 3.05) is 59.2 Å². The van der Waals surface area contributed by atoms with Gasteiger partial charge in [0.1, 0.15) is 25.0 Å². The van der Waals surface area contributed by atoms with E-state index in [0.717, 1.165) is 51.0 Å². The molecule has 4 aliphatic rings. The van der Waals surface area contributed by atoms with Gasteiger partial charge in [-0.3, -0.25) is 4.79 Å². The summed E-state index contributed by atoms with van der Waals surface area (Å²) >= 11 is 6.70. The zero-order chi connectivity index (χ0) is 29.8. The number of aliphatic hydroxyl groups is 1. The van der Waals surface area contributed by atoms with Crippen LogP contribution < -0.4 is 10.1 Å². The number of carbonyl (C=O) groups excluding carboxylic acids is 1. The molecule has 4 atom stereocenters. The van der Waals surface area contributed by atoms with Gasteiger partial charge >= 0.3 is 0 Å². The fourth-order valence-electron chi connectivity index (χ4n) is 7.07. The number of halogens is 1. The summed E-state index contributed by atoms with van der Waals surface area (Å²) in [4.78, 5) is 23.1. The van der Waals surface area contributed by atoms with Gasteiger partial charge in [0.25, 0.3) is 11.9 Å².